The summed E-state index contributed by atoms with van der Waals surface area (Å²) in [5, 5.41) is 3.41. The van der Waals surface area contributed by atoms with Gasteiger partial charge >= 0.3 is 0 Å². The number of fused-ring (bicyclic) bond motifs is 1. The summed E-state index contributed by atoms with van der Waals surface area (Å²) in [5.41, 5.74) is 0.974. The third-order valence-corrected chi connectivity index (χ3v) is 2.61. The lowest BCUT2D eigenvalue weighted by Crippen LogP contribution is -2.26. The van der Waals surface area contributed by atoms with Crippen LogP contribution in [0.5, 0.6) is 0 Å². The zero-order valence-corrected chi connectivity index (χ0v) is 10.7. The van der Waals surface area contributed by atoms with Crippen LogP contribution in [0.25, 0.3) is 5.65 Å². The van der Waals surface area contributed by atoms with Crippen LogP contribution in [-0.2, 0) is 0 Å². The molecule has 0 aliphatic carbocycles. The number of nitrogens with zero attached hydrogens (tertiary/aromatic N) is 2. The predicted molar refractivity (Wildman–Crippen MR) is 66.3 cm³/mol. The molecule has 4 heteroatoms. The molecule has 1 N–H and O–H groups in total. The summed E-state index contributed by atoms with van der Waals surface area (Å²) in [7, 11) is 0. The summed E-state index contributed by atoms with van der Waals surface area (Å²) < 4.78 is 3.04. The first kappa shape index (κ1) is 10.5. The second-order valence-corrected chi connectivity index (χ2v) is 5.42. The van der Waals surface area contributed by atoms with Crippen LogP contribution in [0, 0.1) is 0 Å². The molecule has 0 unspecified atom stereocenters. The Bertz CT molecular complexity index is 482. The largest absolute Gasteiger partial charge is 0.365 e. The fraction of sp³-hybridized carbons (Fsp3) is 0.364. The Labute approximate surface area is 97.6 Å². The minimum absolute atomic E-state index is 0.0400. The highest BCUT2D eigenvalue weighted by atomic mass is 79.9. The monoisotopic (exact) mass is 267 g/mol. The van der Waals surface area contributed by atoms with E-state index in [9.17, 15) is 0 Å². The van der Waals surface area contributed by atoms with Gasteiger partial charge in [0.25, 0.3) is 0 Å². The highest BCUT2D eigenvalue weighted by Crippen LogP contribution is 2.21. The van der Waals surface area contributed by atoms with Crippen LogP contribution in [0.2, 0.25) is 0 Å². The van der Waals surface area contributed by atoms with E-state index in [1.807, 2.05) is 28.9 Å². The van der Waals surface area contributed by atoms with Crippen molar-refractivity contribution in [1.29, 1.82) is 0 Å². The van der Waals surface area contributed by atoms with Gasteiger partial charge in [0, 0.05) is 11.7 Å². The lowest BCUT2D eigenvalue weighted by molar-refractivity contribution is 0.629. The van der Waals surface area contributed by atoms with E-state index < -0.39 is 0 Å². The van der Waals surface area contributed by atoms with Gasteiger partial charge in [-0.15, -0.1) is 0 Å². The van der Waals surface area contributed by atoms with Gasteiger partial charge in [0.15, 0.2) is 5.65 Å². The smallest absolute Gasteiger partial charge is 0.152 e. The molecular formula is C11H14BrN3. The normalized spacial score (nSPS) is 12.0. The van der Waals surface area contributed by atoms with Crippen LogP contribution in [0.3, 0.4) is 0 Å². The van der Waals surface area contributed by atoms with Gasteiger partial charge in [-0.25, -0.2) is 4.98 Å². The summed E-state index contributed by atoms with van der Waals surface area (Å²) in [5.74, 6) is 1.01. The van der Waals surface area contributed by atoms with Crippen molar-refractivity contribution < 1.29 is 0 Å². The number of nitrogens with one attached hydrogen (secondary N) is 1. The summed E-state index contributed by atoms with van der Waals surface area (Å²) >= 11 is 3.48. The number of anilines is 1. The summed E-state index contributed by atoms with van der Waals surface area (Å²) in [6.07, 6.45) is 3.85. The van der Waals surface area contributed by atoms with Gasteiger partial charge in [-0.05, 0) is 48.8 Å². The molecule has 0 fully saturated rings. The molecule has 2 aromatic heterocycles. The van der Waals surface area contributed by atoms with E-state index in [1.165, 1.54) is 0 Å². The Kier molecular flexibility index (Phi) is 2.46. The third kappa shape index (κ3) is 2.15. The maximum atomic E-state index is 4.36. The molecule has 80 valence electrons. The molecule has 0 aliphatic heterocycles. The summed E-state index contributed by atoms with van der Waals surface area (Å²) in [4.78, 5) is 4.36. The first-order chi connectivity index (χ1) is 6.97. The highest BCUT2D eigenvalue weighted by molar-refractivity contribution is 9.10. The topological polar surface area (TPSA) is 29.3 Å². The van der Waals surface area contributed by atoms with Crippen molar-refractivity contribution in [2.45, 2.75) is 26.3 Å². The standard InChI is InChI=1S/C11H14BrN3/c1-11(2,3)14-9-7-13-10-8(12)5-4-6-15(9)10/h4-7,14H,1-3H3. The van der Waals surface area contributed by atoms with Crippen molar-refractivity contribution in [2.24, 2.45) is 0 Å². The summed E-state index contributed by atoms with van der Waals surface area (Å²) in [6, 6.07) is 3.98. The van der Waals surface area contributed by atoms with Crippen molar-refractivity contribution in [2.75, 3.05) is 5.32 Å². The van der Waals surface area contributed by atoms with Gasteiger partial charge < -0.3 is 5.32 Å². The van der Waals surface area contributed by atoms with Gasteiger partial charge in [-0.3, -0.25) is 4.40 Å². The van der Waals surface area contributed by atoms with Crippen molar-refractivity contribution in [3.8, 4) is 0 Å². The molecule has 0 saturated carbocycles. The molecule has 0 bridgehead atoms. The first-order valence-corrected chi connectivity index (χ1v) is 5.66. The number of imidazole rings is 1. The van der Waals surface area contributed by atoms with Crippen LogP contribution in [0.4, 0.5) is 5.82 Å². The number of halogens is 1. The lowest BCUT2D eigenvalue weighted by Gasteiger charge is -2.21. The molecule has 0 radical (unpaired) electrons. The Morgan fingerprint density at radius 3 is 2.80 bits per heavy atom. The van der Waals surface area contributed by atoms with Crippen molar-refractivity contribution >= 4 is 27.4 Å². The number of hydrogen-bond acceptors (Lipinski definition) is 2. The molecule has 2 heterocycles. The van der Waals surface area contributed by atoms with Gasteiger partial charge in [0.05, 0.1) is 10.7 Å². The molecule has 0 saturated heterocycles. The van der Waals surface area contributed by atoms with E-state index in [4.69, 9.17) is 0 Å². The van der Waals surface area contributed by atoms with E-state index in [2.05, 4.69) is 47.0 Å². The molecule has 2 rings (SSSR count). The molecule has 0 aromatic carbocycles. The quantitative estimate of drug-likeness (QED) is 0.859. The summed E-state index contributed by atoms with van der Waals surface area (Å²) in [6.45, 7) is 6.39. The third-order valence-electron chi connectivity index (χ3n) is 1.99. The van der Waals surface area contributed by atoms with E-state index >= 15 is 0 Å². The zero-order chi connectivity index (χ0) is 11.1. The molecule has 2 aromatic rings. The van der Waals surface area contributed by atoms with Crippen LogP contribution in [0.15, 0.2) is 29.0 Å². The van der Waals surface area contributed by atoms with Gasteiger partial charge in [-0.1, -0.05) is 0 Å². The molecule has 0 amide bonds. The molecular weight excluding hydrogens is 254 g/mol. The van der Waals surface area contributed by atoms with E-state index in [-0.39, 0.29) is 5.54 Å². The van der Waals surface area contributed by atoms with Crippen LogP contribution >= 0.6 is 15.9 Å². The maximum Gasteiger partial charge on any atom is 0.152 e. The van der Waals surface area contributed by atoms with E-state index in [0.29, 0.717) is 0 Å². The Morgan fingerprint density at radius 2 is 2.13 bits per heavy atom. The lowest BCUT2D eigenvalue weighted by atomic mass is 10.1. The minimum Gasteiger partial charge on any atom is -0.365 e. The van der Waals surface area contributed by atoms with Crippen LogP contribution in [-0.4, -0.2) is 14.9 Å². The fourth-order valence-corrected chi connectivity index (χ4v) is 1.90. The number of pyridine rings is 1. The molecule has 15 heavy (non-hydrogen) atoms. The van der Waals surface area contributed by atoms with Crippen LogP contribution in [0.1, 0.15) is 20.8 Å². The predicted octanol–water partition coefficient (Wildman–Crippen LogP) is 3.31. The fourth-order valence-electron chi connectivity index (χ4n) is 1.45. The van der Waals surface area contributed by atoms with Gasteiger partial charge in [-0.2, -0.15) is 0 Å². The van der Waals surface area contributed by atoms with Gasteiger partial charge in [0.1, 0.15) is 5.82 Å². The second-order valence-electron chi connectivity index (χ2n) is 4.57. The SMILES string of the molecule is CC(C)(C)Nc1cnc2c(Br)cccn12. The molecule has 0 aliphatic rings. The molecule has 0 spiro atoms. The van der Waals surface area contributed by atoms with Crippen LogP contribution < -0.4 is 5.32 Å². The number of rotatable bonds is 1. The Morgan fingerprint density at radius 1 is 1.40 bits per heavy atom. The minimum atomic E-state index is 0.0400. The zero-order valence-electron chi connectivity index (χ0n) is 9.08. The Hall–Kier alpha value is -1.03. The maximum absolute atomic E-state index is 4.36. The average Bonchev–Trinajstić information content (AvgIpc) is 2.48. The number of aromatic nitrogens is 2. The van der Waals surface area contributed by atoms with Gasteiger partial charge in [0.2, 0.25) is 0 Å². The highest BCUT2D eigenvalue weighted by Gasteiger charge is 2.12. The molecule has 0 atom stereocenters. The first-order valence-electron chi connectivity index (χ1n) is 4.87. The van der Waals surface area contributed by atoms with E-state index in [1.54, 1.807) is 0 Å². The van der Waals surface area contributed by atoms with E-state index in [0.717, 1.165) is 15.9 Å². The van der Waals surface area contributed by atoms with Crippen molar-refractivity contribution in [3.63, 3.8) is 0 Å². The average molecular weight is 268 g/mol. The second kappa shape index (κ2) is 3.52. The van der Waals surface area contributed by atoms with Crippen molar-refractivity contribution in [3.05, 3.63) is 29.0 Å². The Balaban J connectivity index is 2.50. The number of hydrogen-bond donors (Lipinski definition) is 1. The molecule has 3 nitrogen and oxygen atoms in total. The van der Waals surface area contributed by atoms with Crippen molar-refractivity contribution in [1.82, 2.24) is 9.38 Å².